The molecule has 0 radical (unpaired) electrons. The molecule has 3 nitrogen and oxygen atoms in total. The third-order valence-corrected chi connectivity index (χ3v) is 8.67. The van der Waals surface area contributed by atoms with E-state index < -0.39 is 5.97 Å². The molecule has 0 aliphatic carbocycles. The molecule has 3 heteroatoms. The SMILES string of the molecule is C=CC(=O)Oc1ccc(C(C)(C)CCCC)cc1C(C)c1cc(C(C)(C)CC)cc(C(C)(C)CC)c1O. The minimum Gasteiger partial charge on any atom is -0.507 e. The smallest absolute Gasteiger partial charge is 0.335 e. The molecule has 2 aromatic rings. The second-order valence-corrected chi connectivity index (χ2v) is 12.5. The molecule has 0 spiro atoms. The van der Waals surface area contributed by atoms with E-state index in [-0.39, 0.29) is 22.2 Å². The van der Waals surface area contributed by atoms with Crippen molar-refractivity contribution in [3.8, 4) is 11.5 Å². The van der Waals surface area contributed by atoms with Gasteiger partial charge in [0.2, 0.25) is 0 Å². The Morgan fingerprint density at radius 2 is 1.51 bits per heavy atom. The molecule has 0 heterocycles. The van der Waals surface area contributed by atoms with E-state index in [0.29, 0.717) is 11.5 Å². The van der Waals surface area contributed by atoms with Crippen LogP contribution < -0.4 is 4.74 Å². The van der Waals surface area contributed by atoms with E-state index in [1.54, 1.807) is 0 Å². The number of carbonyl (C=O) groups excluding carboxylic acids is 1. The predicted octanol–water partition coefficient (Wildman–Crippen LogP) is 9.48. The standard InChI is InChI=1S/C34H50O3/c1-12-16-19-34(10,11)24-17-18-29(37-30(35)13-2)26(20-24)23(5)27-21-25(32(6,7)14-3)22-28(31(27)36)33(8,9)15-4/h13,17-18,20-23,36H,2,12,14-16,19H2,1,3-11H3. The summed E-state index contributed by atoms with van der Waals surface area (Å²) in [7, 11) is 0. The van der Waals surface area contributed by atoms with Gasteiger partial charge in [-0.15, -0.1) is 0 Å². The van der Waals surface area contributed by atoms with Crippen LogP contribution in [0.15, 0.2) is 43.0 Å². The molecule has 0 bridgehead atoms. The number of phenolic OH excluding ortho intramolecular Hbond substituents is 1. The van der Waals surface area contributed by atoms with Crippen molar-refractivity contribution in [2.45, 2.75) is 124 Å². The minimum atomic E-state index is -0.482. The number of phenols is 1. The fourth-order valence-corrected chi connectivity index (χ4v) is 4.77. The number of hydrogen-bond acceptors (Lipinski definition) is 3. The molecular formula is C34H50O3. The Balaban J connectivity index is 2.83. The summed E-state index contributed by atoms with van der Waals surface area (Å²) in [5.41, 5.74) is 4.93. The van der Waals surface area contributed by atoms with E-state index >= 15 is 0 Å². The summed E-state index contributed by atoms with van der Waals surface area (Å²) in [6, 6.07) is 10.5. The average molecular weight is 507 g/mol. The minimum absolute atomic E-state index is 0.0189. The molecule has 2 aromatic carbocycles. The summed E-state index contributed by atoms with van der Waals surface area (Å²) >= 11 is 0. The Bertz CT molecular complexity index is 1100. The van der Waals surface area contributed by atoms with Crippen molar-refractivity contribution >= 4 is 5.97 Å². The zero-order chi connectivity index (χ0) is 28.2. The van der Waals surface area contributed by atoms with E-state index in [1.165, 1.54) is 17.2 Å². The number of ether oxygens (including phenoxy) is 1. The summed E-state index contributed by atoms with van der Waals surface area (Å²) in [5.74, 6) is 0.188. The Morgan fingerprint density at radius 1 is 0.919 bits per heavy atom. The van der Waals surface area contributed by atoms with Crippen LogP contribution in [0.2, 0.25) is 0 Å². The van der Waals surface area contributed by atoms with Gasteiger partial charge < -0.3 is 9.84 Å². The molecule has 37 heavy (non-hydrogen) atoms. The molecule has 2 rings (SSSR count). The molecule has 0 saturated heterocycles. The largest absolute Gasteiger partial charge is 0.507 e. The Morgan fingerprint density at radius 3 is 2.05 bits per heavy atom. The molecule has 0 fully saturated rings. The number of aromatic hydroxyl groups is 1. The predicted molar refractivity (Wildman–Crippen MR) is 157 cm³/mol. The molecule has 1 unspecified atom stereocenters. The zero-order valence-corrected chi connectivity index (χ0v) is 25.0. The quantitative estimate of drug-likeness (QED) is 0.177. The lowest BCUT2D eigenvalue weighted by Gasteiger charge is -2.32. The summed E-state index contributed by atoms with van der Waals surface area (Å²) in [6.45, 7) is 25.7. The molecule has 0 aliphatic heterocycles. The van der Waals surface area contributed by atoms with Crippen molar-refractivity contribution in [3.05, 3.63) is 70.8 Å². The van der Waals surface area contributed by atoms with Gasteiger partial charge in [-0.25, -0.2) is 4.79 Å². The van der Waals surface area contributed by atoms with Gasteiger partial charge in [-0.2, -0.15) is 0 Å². The first-order valence-corrected chi connectivity index (χ1v) is 14.0. The Kier molecular flexibility index (Phi) is 9.85. The average Bonchev–Trinajstić information content (AvgIpc) is 2.86. The van der Waals surface area contributed by atoms with E-state index in [2.05, 4.69) is 100 Å². The number of esters is 1. The van der Waals surface area contributed by atoms with Gasteiger partial charge in [-0.05, 0) is 52.7 Å². The highest BCUT2D eigenvalue weighted by Gasteiger charge is 2.31. The van der Waals surface area contributed by atoms with Crippen molar-refractivity contribution in [2.24, 2.45) is 0 Å². The maximum atomic E-state index is 12.2. The van der Waals surface area contributed by atoms with Crippen LogP contribution in [0.25, 0.3) is 0 Å². The van der Waals surface area contributed by atoms with E-state index in [1.807, 2.05) is 6.07 Å². The van der Waals surface area contributed by atoms with E-state index in [4.69, 9.17) is 4.74 Å². The maximum absolute atomic E-state index is 12.2. The Labute approximate surface area is 226 Å². The lowest BCUT2D eigenvalue weighted by atomic mass is 9.73. The third kappa shape index (κ3) is 6.86. The molecule has 1 atom stereocenters. The van der Waals surface area contributed by atoms with Crippen LogP contribution in [0, 0.1) is 0 Å². The van der Waals surface area contributed by atoms with Gasteiger partial charge in [0.25, 0.3) is 0 Å². The topological polar surface area (TPSA) is 46.5 Å². The number of carbonyl (C=O) groups is 1. The van der Waals surface area contributed by atoms with Gasteiger partial charge in [0.1, 0.15) is 11.5 Å². The zero-order valence-electron chi connectivity index (χ0n) is 25.0. The molecular weight excluding hydrogens is 456 g/mol. The molecule has 0 aromatic heterocycles. The van der Waals surface area contributed by atoms with Crippen LogP contribution >= 0.6 is 0 Å². The third-order valence-electron chi connectivity index (χ3n) is 8.67. The van der Waals surface area contributed by atoms with Crippen molar-refractivity contribution in [2.75, 3.05) is 0 Å². The highest BCUT2D eigenvalue weighted by Crippen LogP contribution is 2.46. The highest BCUT2D eigenvalue weighted by atomic mass is 16.5. The summed E-state index contributed by atoms with van der Waals surface area (Å²) < 4.78 is 5.72. The van der Waals surface area contributed by atoms with Gasteiger partial charge in [-0.3, -0.25) is 0 Å². The van der Waals surface area contributed by atoms with Crippen molar-refractivity contribution in [1.82, 2.24) is 0 Å². The first-order chi connectivity index (χ1) is 17.1. The van der Waals surface area contributed by atoms with Crippen LogP contribution in [0.4, 0.5) is 0 Å². The van der Waals surface area contributed by atoms with Crippen LogP contribution in [0.1, 0.15) is 135 Å². The highest BCUT2D eigenvalue weighted by molar-refractivity contribution is 5.83. The fraction of sp³-hybridized carbons (Fsp3) is 0.559. The van der Waals surface area contributed by atoms with Crippen LogP contribution in [0.5, 0.6) is 11.5 Å². The molecule has 0 aliphatic rings. The lowest BCUT2D eigenvalue weighted by Crippen LogP contribution is -2.22. The van der Waals surface area contributed by atoms with Crippen LogP contribution in [-0.2, 0) is 21.0 Å². The number of unbranched alkanes of at least 4 members (excludes halogenated alkanes) is 1. The fourth-order valence-electron chi connectivity index (χ4n) is 4.77. The molecule has 0 amide bonds. The molecule has 1 N–H and O–H groups in total. The molecule has 0 saturated carbocycles. The summed E-state index contributed by atoms with van der Waals surface area (Å²) in [5, 5.41) is 11.7. The number of rotatable bonds is 12. The first kappa shape index (κ1) is 30.7. The second-order valence-electron chi connectivity index (χ2n) is 12.5. The van der Waals surface area contributed by atoms with Crippen LogP contribution in [-0.4, -0.2) is 11.1 Å². The normalized spacial score (nSPS) is 13.4. The van der Waals surface area contributed by atoms with Gasteiger partial charge in [0, 0.05) is 28.7 Å². The van der Waals surface area contributed by atoms with Gasteiger partial charge in [-0.1, -0.05) is 113 Å². The lowest BCUT2D eigenvalue weighted by molar-refractivity contribution is -0.129. The number of benzene rings is 2. The Hall–Kier alpha value is -2.55. The van der Waals surface area contributed by atoms with Crippen LogP contribution in [0.3, 0.4) is 0 Å². The van der Waals surface area contributed by atoms with E-state index in [0.717, 1.165) is 48.8 Å². The summed E-state index contributed by atoms with van der Waals surface area (Å²) in [6.07, 6.45) is 6.45. The van der Waals surface area contributed by atoms with Gasteiger partial charge >= 0.3 is 5.97 Å². The van der Waals surface area contributed by atoms with Gasteiger partial charge in [0.15, 0.2) is 0 Å². The maximum Gasteiger partial charge on any atom is 0.335 e. The van der Waals surface area contributed by atoms with Crippen molar-refractivity contribution in [3.63, 3.8) is 0 Å². The van der Waals surface area contributed by atoms with Crippen molar-refractivity contribution in [1.29, 1.82) is 0 Å². The first-order valence-electron chi connectivity index (χ1n) is 14.0. The van der Waals surface area contributed by atoms with Gasteiger partial charge in [0.05, 0.1) is 0 Å². The second kappa shape index (κ2) is 11.9. The molecule has 204 valence electrons. The monoisotopic (exact) mass is 506 g/mol. The van der Waals surface area contributed by atoms with E-state index in [9.17, 15) is 9.90 Å². The summed E-state index contributed by atoms with van der Waals surface area (Å²) in [4.78, 5) is 12.2. The number of hydrogen-bond donors (Lipinski definition) is 1. The van der Waals surface area contributed by atoms with Crippen molar-refractivity contribution < 1.29 is 14.6 Å².